The minimum absolute atomic E-state index is 0.106. The molecule has 8 heteroatoms. The number of piperazine rings is 1. The third kappa shape index (κ3) is 3.96. The molecule has 4 rings (SSSR count). The molecule has 0 spiro atoms. The molecule has 168 valence electrons. The number of hydrogen-bond acceptors (Lipinski definition) is 4. The summed E-state index contributed by atoms with van der Waals surface area (Å²) in [7, 11) is -3.60. The predicted molar refractivity (Wildman–Crippen MR) is 124 cm³/mol. The van der Waals surface area contributed by atoms with E-state index in [1.807, 2.05) is 70.2 Å². The van der Waals surface area contributed by atoms with Crippen molar-refractivity contribution in [2.75, 3.05) is 26.2 Å². The first-order valence-corrected chi connectivity index (χ1v) is 12.1. The Morgan fingerprint density at radius 3 is 2.22 bits per heavy atom. The van der Waals surface area contributed by atoms with Crippen molar-refractivity contribution in [3.8, 4) is 5.69 Å². The van der Waals surface area contributed by atoms with Crippen LogP contribution in [0.4, 0.5) is 0 Å². The number of carbonyl (C=O) groups excluding carboxylic acids is 1. The number of nitrogens with zero attached hydrogens (tertiary/aromatic N) is 4. The largest absolute Gasteiger partial charge is 0.336 e. The maximum absolute atomic E-state index is 13.3. The summed E-state index contributed by atoms with van der Waals surface area (Å²) in [5.74, 6) is -0.106. The Bertz CT molecular complexity index is 1260. The molecule has 1 amide bonds. The first kappa shape index (κ1) is 22.2. The second-order valence-electron chi connectivity index (χ2n) is 8.26. The lowest BCUT2D eigenvalue weighted by molar-refractivity contribution is 0.0696. The van der Waals surface area contributed by atoms with Gasteiger partial charge in [-0.25, -0.2) is 13.1 Å². The molecule has 0 saturated carbocycles. The van der Waals surface area contributed by atoms with E-state index in [9.17, 15) is 13.2 Å². The average Bonchev–Trinajstić information content (AvgIpc) is 3.09. The predicted octanol–water partition coefficient (Wildman–Crippen LogP) is 3.25. The Kier molecular flexibility index (Phi) is 5.92. The highest BCUT2D eigenvalue weighted by Crippen LogP contribution is 2.24. The Morgan fingerprint density at radius 1 is 0.906 bits per heavy atom. The van der Waals surface area contributed by atoms with Crippen LogP contribution >= 0.6 is 0 Å². The summed E-state index contributed by atoms with van der Waals surface area (Å²) in [6, 6.07) is 15.2. The van der Waals surface area contributed by atoms with E-state index in [0.29, 0.717) is 29.2 Å². The lowest BCUT2D eigenvalue weighted by atomic mass is 10.1. The summed E-state index contributed by atoms with van der Waals surface area (Å²) in [4.78, 5) is 15.4. The van der Waals surface area contributed by atoms with E-state index < -0.39 is 10.0 Å². The van der Waals surface area contributed by atoms with Gasteiger partial charge in [0.05, 0.1) is 27.5 Å². The molecule has 3 aromatic rings. The van der Waals surface area contributed by atoms with Crippen LogP contribution in [0.25, 0.3) is 5.69 Å². The molecule has 0 bridgehead atoms. The standard InChI is InChI=1S/C24H28N4O3S/c1-17-10-11-18(2)22(16-17)32(30,31)27-14-12-26(13-15-27)24(29)23-19(3)25-28(20(23)4)21-8-6-5-7-9-21/h5-11,16H,12-15H2,1-4H3. The number of aromatic nitrogens is 2. The topological polar surface area (TPSA) is 75.5 Å². The van der Waals surface area contributed by atoms with Crippen molar-refractivity contribution >= 4 is 15.9 Å². The van der Waals surface area contributed by atoms with Crippen molar-refractivity contribution in [2.45, 2.75) is 32.6 Å². The third-order valence-electron chi connectivity index (χ3n) is 5.99. The van der Waals surface area contributed by atoms with Crippen LogP contribution in [0, 0.1) is 27.7 Å². The van der Waals surface area contributed by atoms with Crippen LogP contribution in [-0.4, -0.2) is 59.5 Å². The molecule has 1 aromatic heterocycles. The van der Waals surface area contributed by atoms with E-state index in [2.05, 4.69) is 5.10 Å². The molecule has 32 heavy (non-hydrogen) atoms. The number of sulfonamides is 1. The van der Waals surface area contributed by atoms with Gasteiger partial charge >= 0.3 is 0 Å². The van der Waals surface area contributed by atoms with Crippen molar-refractivity contribution in [3.05, 3.63) is 76.6 Å². The molecular formula is C24H28N4O3S. The summed E-state index contributed by atoms with van der Waals surface area (Å²) < 4.78 is 29.6. The number of amides is 1. The van der Waals surface area contributed by atoms with Crippen LogP contribution in [0.1, 0.15) is 32.9 Å². The minimum Gasteiger partial charge on any atom is -0.336 e. The van der Waals surface area contributed by atoms with Gasteiger partial charge in [-0.05, 0) is 57.0 Å². The zero-order chi connectivity index (χ0) is 23.0. The van der Waals surface area contributed by atoms with Crippen LogP contribution in [0.15, 0.2) is 53.4 Å². The summed E-state index contributed by atoms with van der Waals surface area (Å²) in [6.07, 6.45) is 0. The molecule has 1 aliphatic rings. The Hall–Kier alpha value is -2.97. The maximum atomic E-state index is 13.3. The lowest BCUT2D eigenvalue weighted by Crippen LogP contribution is -2.50. The number of para-hydroxylation sites is 1. The van der Waals surface area contributed by atoms with Crippen molar-refractivity contribution in [1.82, 2.24) is 19.0 Å². The quantitative estimate of drug-likeness (QED) is 0.609. The van der Waals surface area contributed by atoms with Crippen molar-refractivity contribution in [3.63, 3.8) is 0 Å². The van der Waals surface area contributed by atoms with E-state index in [-0.39, 0.29) is 19.0 Å². The molecular weight excluding hydrogens is 424 g/mol. The van der Waals surface area contributed by atoms with Gasteiger partial charge in [-0.1, -0.05) is 30.3 Å². The van der Waals surface area contributed by atoms with Gasteiger partial charge < -0.3 is 4.90 Å². The van der Waals surface area contributed by atoms with Crippen LogP contribution in [0.3, 0.4) is 0 Å². The molecule has 1 saturated heterocycles. The molecule has 1 fully saturated rings. The van der Waals surface area contributed by atoms with E-state index in [0.717, 1.165) is 22.5 Å². The van der Waals surface area contributed by atoms with Crippen molar-refractivity contribution in [1.29, 1.82) is 0 Å². The van der Waals surface area contributed by atoms with Crippen molar-refractivity contribution < 1.29 is 13.2 Å². The summed E-state index contributed by atoms with van der Waals surface area (Å²) in [5, 5.41) is 4.57. The Morgan fingerprint density at radius 2 is 1.56 bits per heavy atom. The number of hydrogen-bond donors (Lipinski definition) is 0. The van der Waals surface area contributed by atoms with Gasteiger partial charge in [0.25, 0.3) is 5.91 Å². The molecule has 0 radical (unpaired) electrons. The van der Waals surface area contributed by atoms with Gasteiger partial charge in [-0.15, -0.1) is 0 Å². The summed E-state index contributed by atoms with van der Waals surface area (Å²) in [6.45, 7) is 8.65. The van der Waals surface area contributed by atoms with E-state index in [4.69, 9.17) is 0 Å². The fourth-order valence-electron chi connectivity index (χ4n) is 4.19. The minimum atomic E-state index is -3.60. The SMILES string of the molecule is Cc1ccc(C)c(S(=O)(=O)N2CCN(C(=O)c3c(C)nn(-c4ccccc4)c3C)CC2)c1. The van der Waals surface area contributed by atoms with Crippen LogP contribution in [0.2, 0.25) is 0 Å². The van der Waals surface area contributed by atoms with Gasteiger partial charge in [-0.2, -0.15) is 9.40 Å². The molecule has 7 nitrogen and oxygen atoms in total. The molecule has 2 aromatic carbocycles. The van der Waals surface area contributed by atoms with E-state index >= 15 is 0 Å². The molecule has 0 aliphatic carbocycles. The molecule has 1 aliphatic heterocycles. The number of carbonyl (C=O) groups is 1. The highest BCUT2D eigenvalue weighted by atomic mass is 32.2. The second kappa shape index (κ2) is 8.52. The van der Waals surface area contributed by atoms with E-state index in [1.54, 1.807) is 15.6 Å². The number of rotatable bonds is 4. The average molecular weight is 453 g/mol. The first-order valence-electron chi connectivity index (χ1n) is 10.7. The van der Waals surface area contributed by atoms with E-state index in [1.165, 1.54) is 4.31 Å². The fraction of sp³-hybridized carbons (Fsp3) is 0.333. The zero-order valence-corrected chi connectivity index (χ0v) is 19.7. The monoisotopic (exact) mass is 452 g/mol. The zero-order valence-electron chi connectivity index (χ0n) is 18.9. The number of aryl methyl sites for hydroxylation is 3. The van der Waals surface area contributed by atoms with Crippen molar-refractivity contribution in [2.24, 2.45) is 0 Å². The molecule has 0 atom stereocenters. The highest BCUT2D eigenvalue weighted by molar-refractivity contribution is 7.89. The van der Waals surface area contributed by atoms with Gasteiger partial charge in [0, 0.05) is 26.2 Å². The Balaban J connectivity index is 1.52. The molecule has 2 heterocycles. The summed E-state index contributed by atoms with van der Waals surface area (Å²) in [5.41, 5.74) is 4.57. The second-order valence-corrected chi connectivity index (χ2v) is 10.2. The summed E-state index contributed by atoms with van der Waals surface area (Å²) >= 11 is 0. The van der Waals surface area contributed by atoms with Gasteiger partial charge in [-0.3, -0.25) is 4.79 Å². The highest BCUT2D eigenvalue weighted by Gasteiger charge is 2.33. The molecule has 0 N–H and O–H groups in total. The van der Waals surface area contributed by atoms with Gasteiger partial charge in [0.2, 0.25) is 10.0 Å². The smallest absolute Gasteiger partial charge is 0.257 e. The first-order chi connectivity index (χ1) is 15.2. The third-order valence-corrected chi connectivity index (χ3v) is 8.03. The van der Waals surface area contributed by atoms with Gasteiger partial charge in [0.15, 0.2) is 0 Å². The fourth-order valence-corrected chi connectivity index (χ4v) is 5.92. The van der Waals surface area contributed by atoms with Crippen LogP contribution in [-0.2, 0) is 10.0 Å². The van der Waals surface area contributed by atoms with Crippen LogP contribution < -0.4 is 0 Å². The normalized spacial score (nSPS) is 15.2. The maximum Gasteiger partial charge on any atom is 0.257 e. The molecule has 0 unspecified atom stereocenters. The van der Waals surface area contributed by atoms with Gasteiger partial charge in [0.1, 0.15) is 0 Å². The van der Waals surface area contributed by atoms with Crippen LogP contribution in [0.5, 0.6) is 0 Å². The lowest BCUT2D eigenvalue weighted by Gasteiger charge is -2.34. The number of benzene rings is 2. The Labute approximate surface area is 189 Å².